The van der Waals surface area contributed by atoms with E-state index in [4.69, 9.17) is 9.78 Å². The zero-order chi connectivity index (χ0) is 7.68. The van der Waals surface area contributed by atoms with Gasteiger partial charge in [0, 0.05) is 18.0 Å². The largest absolute Gasteiger partial charge is 0.364 e. The summed E-state index contributed by atoms with van der Waals surface area (Å²) in [5, 5.41) is 0. The van der Waals surface area contributed by atoms with E-state index < -0.39 is 0 Å². The van der Waals surface area contributed by atoms with Crippen molar-refractivity contribution in [2.75, 3.05) is 6.61 Å². The lowest BCUT2D eigenvalue weighted by Gasteiger charge is -2.02. The Kier molecular flexibility index (Phi) is 1.58. The molecule has 0 aromatic carbocycles. The van der Waals surface area contributed by atoms with E-state index in [1.807, 2.05) is 12.4 Å². The predicted octanol–water partition coefficient (Wildman–Crippen LogP) is 1.52. The fourth-order valence-electron chi connectivity index (χ4n) is 1.27. The molecule has 1 atom stereocenters. The molecule has 3 heteroatoms. The second-order valence-corrected chi connectivity index (χ2v) is 3.02. The summed E-state index contributed by atoms with van der Waals surface area (Å²) >= 11 is 0. The monoisotopic (exact) mass is 153 g/mol. The van der Waals surface area contributed by atoms with Gasteiger partial charge in [-0.05, 0) is 12.3 Å². The number of fused-ring (bicyclic) bond motifs is 1. The molecule has 1 aromatic heterocycles. The van der Waals surface area contributed by atoms with Crippen LogP contribution in [0.5, 0.6) is 5.75 Å². The van der Waals surface area contributed by atoms with Gasteiger partial charge >= 0.3 is 0 Å². The van der Waals surface area contributed by atoms with Crippen molar-refractivity contribution < 1.29 is 9.78 Å². The molecule has 3 nitrogen and oxygen atoms in total. The Balaban J connectivity index is 2.26. The summed E-state index contributed by atoms with van der Waals surface area (Å²) in [4.78, 5) is 13.0. The van der Waals surface area contributed by atoms with Crippen molar-refractivity contribution in [3.63, 3.8) is 0 Å². The zero-order valence-corrected chi connectivity index (χ0v) is 6.46. The van der Waals surface area contributed by atoms with Crippen LogP contribution < -0.4 is 4.89 Å². The summed E-state index contributed by atoms with van der Waals surface area (Å²) in [6, 6.07) is 0. The fourth-order valence-corrected chi connectivity index (χ4v) is 1.27. The highest BCUT2D eigenvalue weighted by Crippen LogP contribution is 2.24. The molecule has 1 aromatic rings. The molecule has 60 valence electrons. The van der Waals surface area contributed by atoms with Gasteiger partial charge in [-0.15, -0.1) is 0 Å². The molecule has 0 saturated carbocycles. The number of hydrogen-bond acceptors (Lipinski definition) is 2. The van der Waals surface area contributed by atoms with Crippen molar-refractivity contribution in [2.45, 2.75) is 13.3 Å². The van der Waals surface area contributed by atoms with Crippen LogP contribution in [-0.2, 0) is 11.3 Å². The first-order chi connectivity index (χ1) is 5.36. The van der Waals surface area contributed by atoms with E-state index in [0.717, 1.165) is 12.2 Å². The first-order valence-corrected chi connectivity index (χ1v) is 3.81. The molecule has 1 aliphatic heterocycles. The molecule has 0 bridgehead atoms. The Morgan fingerprint density at radius 2 is 2.45 bits per heavy atom. The summed E-state index contributed by atoms with van der Waals surface area (Å²) < 4.78 is 0. The number of aromatic nitrogens is 1. The SMILES string of the molecule is CC1COOc2c[nH]cc2C1. The molecule has 2 heterocycles. The van der Waals surface area contributed by atoms with Crippen molar-refractivity contribution >= 4 is 0 Å². The highest BCUT2D eigenvalue weighted by atomic mass is 17.2. The molecule has 1 N–H and O–H groups in total. The molecule has 0 spiro atoms. The zero-order valence-electron chi connectivity index (χ0n) is 6.46. The van der Waals surface area contributed by atoms with Crippen LogP contribution in [0.1, 0.15) is 12.5 Å². The maximum Gasteiger partial charge on any atom is 0.185 e. The number of aromatic amines is 1. The Labute approximate surface area is 65.3 Å². The fraction of sp³-hybridized carbons (Fsp3) is 0.500. The Morgan fingerprint density at radius 3 is 3.36 bits per heavy atom. The van der Waals surface area contributed by atoms with E-state index in [1.165, 1.54) is 5.56 Å². The molecule has 0 radical (unpaired) electrons. The van der Waals surface area contributed by atoms with Crippen LogP contribution in [0.4, 0.5) is 0 Å². The van der Waals surface area contributed by atoms with Crippen molar-refractivity contribution in [3.05, 3.63) is 18.0 Å². The number of rotatable bonds is 0. The minimum absolute atomic E-state index is 0.534. The molecule has 11 heavy (non-hydrogen) atoms. The van der Waals surface area contributed by atoms with Crippen molar-refractivity contribution in [1.82, 2.24) is 4.98 Å². The topological polar surface area (TPSA) is 34.2 Å². The summed E-state index contributed by atoms with van der Waals surface area (Å²) in [5.74, 6) is 1.36. The normalized spacial score (nSPS) is 23.5. The highest BCUT2D eigenvalue weighted by Gasteiger charge is 2.15. The number of hydrogen-bond donors (Lipinski definition) is 1. The van der Waals surface area contributed by atoms with Crippen LogP contribution in [0.2, 0.25) is 0 Å². The second-order valence-electron chi connectivity index (χ2n) is 3.02. The predicted molar refractivity (Wildman–Crippen MR) is 40.2 cm³/mol. The minimum Gasteiger partial charge on any atom is -0.364 e. The number of nitrogens with one attached hydrogen (secondary N) is 1. The molecular formula is C8H11NO2. The Hall–Kier alpha value is -0.960. The van der Waals surface area contributed by atoms with Crippen LogP contribution in [0, 0.1) is 5.92 Å². The molecule has 0 aliphatic carbocycles. The average Bonchev–Trinajstić information content (AvgIpc) is 2.31. The van der Waals surface area contributed by atoms with E-state index in [-0.39, 0.29) is 0 Å². The van der Waals surface area contributed by atoms with Gasteiger partial charge in [0.2, 0.25) is 0 Å². The smallest absolute Gasteiger partial charge is 0.185 e. The lowest BCUT2D eigenvalue weighted by atomic mass is 10.0. The van der Waals surface area contributed by atoms with Crippen LogP contribution in [-0.4, -0.2) is 11.6 Å². The van der Waals surface area contributed by atoms with E-state index in [1.54, 1.807) is 0 Å². The number of H-pyrrole nitrogens is 1. The lowest BCUT2D eigenvalue weighted by molar-refractivity contribution is -0.210. The Morgan fingerprint density at radius 1 is 1.55 bits per heavy atom. The van der Waals surface area contributed by atoms with Crippen LogP contribution in [0.3, 0.4) is 0 Å². The van der Waals surface area contributed by atoms with Crippen molar-refractivity contribution in [2.24, 2.45) is 5.92 Å². The van der Waals surface area contributed by atoms with Crippen LogP contribution >= 0.6 is 0 Å². The van der Waals surface area contributed by atoms with Crippen LogP contribution in [0.25, 0.3) is 0 Å². The summed E-state index contributed by atoms with van der Waals surface area (Å²) in [6.45, 7) is 2.82. The average molecular weight is 153 g/mol. The molecule has 2 rings (SSSR count). The van der Waals surface area contributed by atoms with Gasteiger partial charge in [0.1, 0.15) is 0 Å². The van der Waals surface area contributed by atoms with Gasteiger partial charge in [-0.25, -0.2) is 0 Å². The third kappa shape index (κ3) is 1.24. The molecule has 1 aliphatic rings. The van der Waals surface area contributed by atoms with Gasteiger partial charge in [0.25, 0.3) is 0 Å². The standard InChI is InChI=1S/C8H11NO2/c1-6-2-7-3-9-4-8(7)11-10-5-6/h3-4,6,9H,2,5H2,1H3. The van der Waals surface area contributed by atoms with Gasteiger partial charge in [-0.2, -0.15) is 4.89 Å². The van der Waals surface area contributed by atoms with E-state index >= 15 is 0 Å². The van der Waals surface area contributed by atoms with E-state index in [0.29, 0.717) is 12.5 Å². The van der Waals surface area contributed by atoms with Gasteiger partial charge < -0.3 is 9.87 Å². The Bertz CT molecular complexity index is 244. The van der Waals surface area contributed by atoms with E-state index in [2.05, 4.69) is 11.9 Å². The van der Waals surface area contributed by atoms with Gasteiger partial charge in [-0.1, -0.05) is 6.92 Å². The van der Waals surface area contributed by atoms with Crippen molar-refractivity contribution in [1.29, 1.82) is 0 Å². The van der Waals surface area contributed by atoms with Gasteiger partial charge in [0.05, 0.1) is 6.61 Å². The van der Waals surface area contributed by atoms with Crippen LogP contribution in [0.15, 0.2) is 12.4 Å². The molecule has 0 saturated heterocycles. The maximum absolute atomic E-state index is 5.03. The quantitative estimate of drug-likeness (QED) is 0.573. The molecule has 0 amide bonds. The lowest BCUT2D eigenvalue weighted by Crippen LogP contribution is -2.05. The first-order valence-electron chi connectivity index (χ1n) is 3.81. The molecule has 0 fully saturated rings. The third-order valence-corrected chi connectivity index (χ3v) is 1.86. The van der Waals surface area contributed by atoms with Gasteiger partial charge in [0.15, 0.2) is 5.75 Å². The minimum atomic E-state index is 0.534. The van der Waals surface area contributed by atoms with Crippen molar-refractivity contribution in [3.8, 4) is 5.75 Å². The third-order valence-electron chi connectivity index (χ3n) is 1.86. The first kappa shape index (κ1) is 6.73. The molecule has 1 unspecified atom stereocenters. The summed E-state index contributed by atoms with van der Waals surface area (Å²) in [5.41, 5.74) is 1.20. The molecular weight excluding hydrogens is 142 g/mol. The maximum atomic E-state index is 5.03. The highest BCUT2D eigenvalue weighted by molar-refractivity contribution is 5.30. The van der Waals surface area contributed by atoms with E-state index in [9.17, 15) is 0 Å². The summed E-state index contributed by atoms with van der Waals surface area (Å²) in [7, 11) is 0. The van der Waals surface area contributed by atoms with Gasteiger partial charge in [-0.3, -0.25) is 0 Å². The second kappa shape index (κ2) is 2.58. The summed E-state index contributed by atoms with van der Waals surface area (Å²) in [6.07, 6.45) is 4.80.